The highest BCUT2D eigenvalue weighted by Crippen LogP contribution is 2.35. The number of aromatic hydroxyl groups is 7. The van der Waals surface area contributed by atoms with Gasteiger partial charge in [0.25, 0.3) is 5.97 Å². The third kappa shape index (κ3) is 15.8. The maximum absolute atomic E-state index is 14.4. The molecule has 0 atom stereocenters. The summed E-state index contributed by atoms with van der Waals surface area (Å²) >= 11 is 0. The van der Waals surface area contributed by atoms with Gasteiger partial charge in [-0.25, -0.2) is 28.0 Å². The summed E-state index contributed by atoms with van der Waals surface area (Å²) in [7, 11) is 0. The van der Waals surface area contributed by atoms with Gasteiger partial charge in [0.15, 0.2) is 23.1 Å². The summed E-state index contributed by atoms with van der Waals surface area (Å²) in [5.74, 6) is -13.4. The van der Waals surface area contributed by atoms with Crippen LogP contribution in [0.2, 0.25) is 0 Å². The molecular formula is C46H34F2O19. The number of phenolic OH excluding ortho intramolecular Hbond substituents is 7. The van der Waals surface area contributed by atoms with Crippen LogP contribution in [0.1, 0.15) is 56.7 Å². The average Bonchev–Trinajstić information content (AvgIpc) is 3.22. The zero-order valence-electron chi connectivity index (χ0n) is 35.3. The van der Waals surface area contributed by atoms with Crippen molar-refractivity contribution in [1.82, 2.24) is 0 Å². The second kappa shape index (κ2) is 23.6. The molecule has 0 saturated heterocycles. The first-order chi connectivity index (χ1) is 32.0. The van der Waals surface area contributed by atoms with Gasteiger partial charge in [-0.2, -0.15) is 0 Å². The van der Waals surface area contributed by atoms with Crippen molar-refractivity contribution in [3.8, 4) is 81.8 Å². The molecule has 0 aromatic heterocycles. The number of carbonyl (C=O) groups excluding carboxylic acids is 5. The SMILES string of the molecule is CC(=O)O.CC(=O)Oc1cc(O)cc(C(=O)Oc2c(F)cccc2OC(=O)c2cc(O)cc(O)c2)c1.O=C(Oc1cccc(F)c1OC(=O)c1cc(O)cc(O)c1)c1cc(O)cc(O)c1.[2H]C#C. The Balaban J connectivity index is 0.000000318. The number of carboxylic acids is 1. The number of esters is 5. The van der Waals surface area contributed by atoms with E-state index in [4.69, 9.17) is 35.0 Å². The Hall–Kier alpha value is -9.84. The van der Waals surface area contributed by atoms with Gasteiger partial charge in [0, 0.05) is 38.1 Å². The summed E-state index contributed by atoms with van der Waals surface area (Å²) in [5.41, 5.74) is -1.04. The van der Waals surface area contributed by atoms with E-state index in [9.17, 15) is 68.5 Å². The third-order valence-corrected chi connectivity index (χ3v) is 7.46. The van der Waals surface area contributed by atoms with Crippen LogP contribution in [0.3, 0.4) is 0 Å². The van der Waals surface area contributed by atoms with Crippen LogP contribution in [0, 0.1) is 24.5 Å². The molecule has 0 aliphatic heterocycles. The van der Waals surface area contributed by atoms with E-state index in [1.54, 1.807) is 0 Å². The Bertz CT molecular complexity index is 2850. The molecular weight excluding hydrogens is 894 g/mol. The lowest BCUT2D eigenvalue weighted by Crippen LogP contribution is -2.14. The van der Waals surface area contributed by atoms with Gasteiger partial charge < -0.3 is 64.5 Å². The Labute approximate surface area is 377 Å². The lowest BCUT2D eigenvalue weighted by Gasteiger charge is -2.12. The largest absolute Gasteiger partial charge is 0.508 e. The van der Waals surface area contributed by atoms with E-state index in [2.05, 4.69) is 6.42 Å². The van der Waals surface area contributed by atoms with Crippen molar-refractivity contribution in [2.24, 2.45) is 0 Å². The fourth-order valence-corrected chi connectivity index (χ4v) is 5.02. The van der Waals surface area contributed by atoms with Crippen molar-refractivity contribution >= 4 is 35.8 Å². The minimum Gasteiger partial charge on any atom is -0.508 e. The number of carbonyl (C=O) groups is 6. The van der Waals surface area contributed by atoms with Crippen LogP contribution in [-0.2, 0) is 9.59 Å². The number of rotatable bonds is 9. The average molecular weight is 930 g/mol. The maximum Gasteiger partial charge on any atom is 0.344 e. The van der Waals surface area contributed by atoms with Crippen LogP contribution in [0.15, 0.2) is 109 Å². The summed E-state index contributed by atoms with van der Waals surface area (Å²) in [6.07, 6.45) is 5.76. The molecule has 0 unspecified atom stereocenters. The number of carboxylic acid groups (broad SMARTS) is 1. The highest BCUT2D eigenvalue weighted by molar-refractivity contribution is 5.95. The van der Waals surface area contributed by atoms with Crippen molar-refractivity contribution in [2.45, 2.75) is 13.8 Å². The summed E-state index contributed by atoms with van der Waals surface area (Å²) in [5, 5.41) is 74.0. The molecule has 0 amide bonds. The number of para-hydroxylation sites is 2. The molecule has 0 saturated carbocycles. The predicted octanol–water partition coefficient (Wildman–Crippen LogP) is 6.73. The number of aliphatic carboxylic acids is 1. The van der Waals surface area contributed by atoms with Crippen molar-refractivity contribution in [3.05, 3.63) is 143 Å². The van der Waals surface area contributed by atoms with E-state index in [0.29, 0.717) is 0 Å². The number of terminal acetylenes is 1. The van der Waals surface area contributed by atoms with Gasteiger partial charge in [0.2, 0.25) is 11.5 Å². The Morgan fingerprint density at radius 2 is 0.731 bits per heavy atom. The minimum absolute atomic E-state index is 0.145. The molecule has 19 nitrogen and oxygen atoms in total. The van der Waals surface area contributed by atoms with Gasteiger partial charge in [-0.15, -0.1) is 12.8 Å². The van der Waals surface area contributed by atoms with Crippen LogP contribution in [0.4, 0.5) is 8.78 Å². The van der Waals surface area contributed by atoms with Gasteiger partial charge in [-0.1, -0.05) is 12.1 Å². The van der Waals surface area contributed by atoms with E-state index >= 15 is 0 Å². The number of halogens is 2. The summed E-state index contributed by atoms with van der Waals surface area (Å²) in [6.45, 7) is 2.20. The van der Waals surface area contributed by atoms with Gasteiger partial charge in [-0.05, 0) is 72.8 Å². The first-order valence-corrected chi connectivity index (χ1v) is 18.1. The van der Waals surface area contributed by atoms with Gasteiger partial charge in [-0.3, -0.25) is 9.59 Å². The molecule has 346 valence electrons. The molecule has 0 aliphatic rings. The highest BCUT2D eigenvalue weighted by Gasteiger charge is 2.23. The van der Waals surface area contributed by atoms with Crippen LogP contribution in [0.5, 0.6) is 69.0 Å². The Morgan fingerprint density at radius 1 is 0.463 bits per heavy atom. The number of phenols is 7. The molecule has 0 heterocycles. The second-order valence-electron chi connectivity index (χ2n) is 12.7. The molecule has 0 fully saturated rings. The van der Waals surface area contributed by atoms with Crippen molar-refractivity contribution in [1.29, 1.82) is 0 Å². The molecule has 6 aromatic carbocycles. The lowest BCUT2D eigenvalue weighted by molar-refractivity contribution is -0.134. The first-order valence-electron chi connectivity index (χ1n) is 18.6. The molecule has 6 aromatic rings. The van der Waals surface area contributed by atoms with Crippen molar-refractivity contribution in [2.75, 3.05) is 0 Å². The molecule has 8 N–H and O–H groups in total. The Morgan fingerprint density at radius 3 is 1.03 bits per heavy atom. The normalized spacial score (nSPS) is 9.93. The van der Waals surface area contributed by atoms with E-state index in [-0.39, 0.29) is 28.0 Å². The minimum atomic E-state index is -1.15. The molecule has 0 bridgehead atoms. The predicted molar refractivity (Wildman–Crippen MR) is 225 cm³/mol. The monoisotopic (exact) mass is 929 g/mol. The zero-order chi connectivity index (χ0) is 50.8. The smallest absolute Gasteiger partial charge is 0.344 e. The van der Waals surface area contributed by atoms with Crippen LogP contribution in [-0.4, -0.2) is 76.7 Å². The van der Waals surface area contributed by atoms with Crippen molar-refractivity contribution in [3.63, 3.8) is 0 Å². The maximum atomic E-state index is 14.4. The zero-order valence-corrected chi connectivity index (χ0v) is 34.3. The van der Waals surface area contributed by atoms with E-state index < -0.39 is 111 Å². The number of hydrogen-bond donors (Lipinski definition) is 8. The van der Waals surface area contributed by atoms with E-state index in [1.165, 1.54) is 18.5 Å². The topological polar surface area (TPSA) is 310 Å². The number of hydrogen-bond acceptors (Lipinski definition) is 18. The fourth-order valence-electron chi connectivity index (χ4n) is 5.02. The summed E-state index contributed by atoms with van der Waals surface area (Å²) in [4.78, 5) is 69.4. The van der Waals surface area contributed by atoms with E-state index in [0.717, 1.165) is 111 Å². The molecule has 0 aliphatic carbocycles. The standard InChI is InChI=1S/C22H15FO9.C20H13FO8.C2H4O2.C2H2/c1-11(24)30-17-8-13(7-16(27)10-17)22(29)32-20-18(23)3-2-4-19(20)31-21(28)12-5-14(25)9-15(26)6-12;21-16-2-1-3-17(28-19(26)10-4-12(22)8-13(23)5-10)18(16)29-20(27)11-6-14(24)9-15(25)7-11;1-2(3)4;1-2/h2-10,25-27H,1H3;1-9,22-25H;1H3,(H,3,4);1-2H/i;;;1D. The lowest BCUT2D eigenvalue weighted by atomic mass is 10.2. The van der Waals surface area contributed by atoms with Crippen LogP contribution >= 0.6 is 0 Å². The van der Waals surface area contributed by atoms with Crippen molar-refractivity contribution < 1.29 is 103 Å². The Kier molecular flexibility index (Phi) is 17.5. The summed E-state index contributed by atoms with van der Waals surface area (Å²) in [6, 6.07) is 18.8. The van der Waals surface area contributed by atoms with Gasteiger partial charge in [0.1, 0.15) is 47.4 Å². The molecule has 0 radical (unpaired) electrons. The number of benzene rings is 6. The van der Waals surface area contributed by atoms with Crippen LogP contribution < -0.4 is 23.7 Å². The third-order valence-electron chi connectivity index (χ3n) is 7.46. The fraction of sp³-hybridized carbons (Fsp3) is 0.0435. The highest BCUT2D eigenvalue weighted by atomic mass is 19.1. The number of ether oxygens (including phenoxy) is 5. The molecule has 0 spiro atoms. The quantitative estimate of drug-likeness (QED) is 0.0423. The van der Waals surface area contributed by atoms with Crippen LogP contribution in [0.25, 0.3) is 0 Å². The van der Waals surface area contributed by atoms with E-state index in [1.807, 2.05) is 0 Å². The molecule has 67 heavy (non-hydrogen) atoms. The van der Waals surface area contributed by atoms with Gasteiger partial charge in [0.05, 0.1) is 22.3 Å². The first kappa shape index (κ1) is 49.8. The van der Waals surface area contributed by atoms with Gasteiger partial charge >= 0.3 is 29.8 Å². The second-order valence-corrected chi connectivity index (χ2v) is 12.7. The summed E-state index contributed by atoms with van der Waals surface area (Å²) < 4.78 is 59.2. The molecule has 21 heteroatoms. The molecule has 6 rings (SSSR count).